The summed E-state index contributed by atoms with van der Waals surface area (Å²) < 4.78 is 38.9. The summed E-state index contributed by atoms with van der Waals surface area (Å²) in [7, 11) is -3.87. The van der Waals surface area contributed by atoms with Gasteiger partial charge in [-0.1, -0.05) is 0 Å². The van der Waals surface area contributed by atoms with Crippen LogP contribution >= 0.6 is 12.4 Å². The third kappa shape index (κ3) is 4.84. The molecular formula is C17H26ClN3O5S. The van der Waals surface area contributed by atoms with Crippen LogP contribution in [0.4, 0.5) is 0 Å². The number of fused-ring (bicyclic) bond motifs is 1. The molecule has 3 N–H and O–H groups in total. The smallest absolute Gasteiger partial charge is 0.241 e. The molecule has 8 nitrogen and oxygen atoms in total. The summed E-state index contributed by atoms with van der Waals surface area (Å²) >= 11 is 0. The van der Waals surface area contributed by atoms with Crippen molar-refractivity contribution in [2.24, 2.45) is 5.73 Å². The van der Waals surface area contributed by atoms with Gasteiger partial charge in [-0.25, -0.2) is 8.42 Å². The monoisotopic (exact) mass is 419 g/mol. The zero-order valence-electron chi connectivity index (χ0n) is 15.2. The van der Waals surface area contributed by atoms with Crippen LogP contribution in [0.25, 0.3) is 0 Å². The van der Waals surface area contributed by atoms with Crippen LogP contribution in [0.15, 0.2) is 23.1 Å². The summed E-state index contributed by atoms with van der Waals surface area (Å²) in [6.45, 7) is 3.54. The maximum Gasteiger partial charge on any atom is 0.241 e. The van der Waals surface area contributed by atoms with Crippen molar-refractivity contribution in [1.29, 1.82) is 0 Å². The first-order valence-corrected chi connectivity index (χ1v) is 10.3. The van der Waals surface area contributed by atoms with Crippen LogP contribution in [-0.4, -0.2) is 57.6 Å². The Morgan fingerprint density at radius 2 is 2.00 bits per heavy atom. The van der Waals surface area contributed by atoms with Crippen molar-refractivity contribution in [2.75, 3.05) is 26.3 Å². The molecule has 1 aromatic carbocycles. The molecule has 10 heteroatoms. The molecule has 0 bridgehead atoms. The van der Waals surface area contributed by atoms with Gasteiger partial charge in [-0.05, 0) is 31.9 Å². The lowest BCUT2D eigenvalue weighted by Crippen LogP contribution is -2.50. The first kappa shape index (κ1) is 21.7. The van der Waals surface area contributed by atoms with E-state index in [0.717, 1.165) is 19.3 Å². The first-order chi connectivity index (χ1) is 12.4. The van der Waals surface area contributed by atoms with Gasteiger partial charge >= 0.3 is 0 Å². The van der Waals surface area contributed by atoms with Crippen molar-refractivity contribution in [3.8, 4) is 11.5 Å². The second kappa shape index (κ2) is 9.09. The first-order valence-electron chi connectivity index (χ1n) is 8.85. The van der Waals surface area contributed by atoms with Crippen molar-refractivity contribution in [2.45, 2.75) is 43.2 Å². The highest BCUT2D eigenvalue weighted by Gasteiger charge is 2.32. The van der Waals surface area contributed by atoms with Crippen LogP contribution in [0.2, 0.25) is 0 Å². The van der Waals surface area contributed by atoms with Crippen LogP contribution in [-0.2, 0) is 14.8 Å². The van der Waals surface area contributed by atoms with E-state index in [1.165, 1.54) is 12.1 Å². The van der Waals surface area contributed by atoms with Crippen molar-refractivity contribution in [3.63, 3.8) is 0 Å². The molecule has 27 heavy (non-hydrogen) atoms. The van der Waals surface area contributed by atoms with Crippen LogP contribution in [0, 0.1) is 0 Å². The number of rotatable bonds is 5. The Bertz CT molecular complexity index is 774. The Morgan fingerprint density at radius 1 is 1.30 bits per heavy atom. The molecule has 2 atom stereocenters. The Morgan fingerprint density at radius 3 is 2.70 bits per heavy atom. The number of carbonyl (C=O) groups excluding carboxylic acids is 1. The van der Waals surface area contributed by atoms with Gasteiger partial charge in [0.15, 0.2) is 11.5 Å². The van der Waals surface area contributed by atoms with E-state index in [1.54, 1.807) is 17.9 Å². The quantitative estimate of drug-likeness (QED) is 0.733. The standard InChI is InChI=1S/C17H25N3O5S.ClH/c1-12(17(21)20-7-2-4-13(20)11-18)19-26(22,23)14-5-6-15-16(10-14)25-9-3-8-24-15;/h5-6,10,12-13,19H,2-4,7-9,11,18H2,1H3;1H. The highest BCUT2D eigenvalue weighted by molar-refractivity contribution is 7.89. The molecule has 152 valence electrons. The van der Waals surface area contributed by atoms with Gasteiger partial charge in [-0.15, -0.1) is 12.4 Å². The van der Waals surface area contributed by atoms with Gasteiger partial charge in [0.05, 0.1) is 24.2 Å². The SMILES string of the molecule is CC(NS(=O)(=O)c1ccc2c(c1)OCCCO2)C(=O)N1CCCC1CN.Cl. The van der Waals surface area contributed by atoms with E-state index < -0.39 is 16.1 Å². The Hall–Kier alpha value is -1.55. The van der Waals surface area contributed by atoms with E-state index in [4.69, 9.17) is 15.2 Å². The highest BCUT2D eigenvalue weighted by Crippen LogP contribution is 2.32. The zero-order valence-corrected chi connectivity index (χ0v) is 16.9. The number of halogens is 1. The Labute approximate surface area is 165 Å². The molecule has 2 aliphatic heterocycles. The van der Waals surface area contributed by atoms with E-state index >= 15 is 0 Å². The molecule has 0 aromatic heterocycles. The maximum atomic E-state index is 12.7. The fraction of sp³-hybridized carbons (Fsp3) is 0.588. The van der Waals surface area contributed by atoms with Crippen LogP contribution < -0.4 is 19.9 Å². The minimum Gasteiger partial charge on any atom is -0.490 e. The largest absolute Gasteiger partial charge is 0.490 e. The average Bonchev–Trinajstić information content (AvgIpc) is 2.97. The molecule has 2 unspecified atom stereocenters. The molecule has 1 aromatic rings. The van der Waals surface area contributed by atoms with Crippen LogP contribution in [0.3, 0.4) is 0 Å². The van der Waals surface area contributed by atoms with Gasteiger partial charge in [0.1, 0.15) is 0 Å². The number of ether oxygens (including phenoxy) is 2. The van der Waals surface area contributed by atoms with E-state index in [9.17, 15) is 13.2 Å². The summed E-state index contributed by atoms with van der Waals surface area (Å²) in [6.07, 6.45) is 2.47. The minimum absolute atomic E-state index is 0. The van der Waals surface area contributed by atoms with Gasteiger partial charge in [-0.2, -0.15) is 4.72 Å². The normalized spacial score (nSPS) is 20.5. The average molecular weight is 420 g/mol. The lowest BCUT2D eigenvalue weighted by atomic mass is 10.2. The number of nitrogens with zero attached hydrogens (tertiary/aromatic N) is 1. The molecule has 1 fully saturated rings. The fourth-order valence-corrected chi connectivity index (χ4v) is 4.49. The summed E-state index contributed by atoms with van der Waals surface area (Å²) in [5.41, 5.74) is 5.70. The second-order valence-electron chi connectivity index (χ2n) is 6.57. The number of benzene rings is 1. The molecule has 2 aliphatic rings. The van der Waals surface area contributed by atoms with E-state index in [2.05, 4.69) is 4.72 Å². The number of amides is 1. The predicted octanol–water partition coefficient (Wildman–Crippen LogP) is 0.886. The summed E-state index contributed by atoms with van der Waals surface area (Å²) in [6, 6.07) is 3.56. The van der Waals surface area contributed by atoms with Crippen LogP contribution in [0.5, 0.6) is 11.5 Å². The lowest BCUT2D eigenvalue weighted by Gasteiger charge is -2.27. The Kier molecular flexibility index (Phi) is 7.32. The second-order valence-corrected chi connectivity index (χ2v) is 8.28. The van der Waals surface area contributed by atoms with E-state index in [1.807, 2.05) is 0 Å². The van der Waals surface area contributed by atoms with Crippen molar-refractivity contribution < 1.29 is 22.7 Å². The molecule has 0 spiro atoms. The van der Waals surface area contributed by atoms with Crippen molar-refractivity contribution >= 4 is 28.3 Å². The molecule has 1 saturated heterocycles. The van der Waals surface area contributed by atoms with Crippen LogP contribution in [0.1, 0.15) is 26.2 Å². The van der Waals surface area contributed by atoms with E-state index in [0.29, 0.717) is 37.8 Å². The number of carbonyl (C=O) groups is 1. The molecule has 0 aliphatic carbocycles. The van der Waals surface area contributed by atoms with Crippen molar-refractivity contribution in [1.82, 2.24) is 9.62 Å². The maximum absolute atomic E-state index is 12.7. The van der Waals surface area contributed by atoms with E-state index in [-0.39, 0.29) is 29.3 Å². The lowest BCUT2D eigenvalue weighted by molar-refractivity contribution is -0.133. The summed E-state index contributed by atoms with van der Waals surface area (Å²) in [5.74, 6) is 0.663. The number of sulfonamides is 1. The topological polar surface area (TPSA) is 111 Å². The number of nitrogens with two attached hydrogens (primary N) is 1. The molecule has 0 saturated carbocycles. The molecule has 3 rings (SSSR count). The third-order valence-corrected chi connectivity index (χ3v) is 6.20. The minimum atomic E-state index is -3.87. The number of likely N-dealkylation sites (tertiary alicyclic amines) is 1. The van der Waals surface area contributed by atoms with Gasteiger partial charge in [-0.3, -0.25) is 4.79 Å². The van der Waals surface area contributed by atoms with Gasteiger partial charge in [0, 0.05) is 31.6 Å². The number of hydrogen-bond donors (Lipinski definition) is 2. The molecule has 1 amide bonds. The zero-order chi connectivity index (χ0) is 18.7. The highest BCUT2D eigenvalue weighted by atomic mass is 35.5. The summed E-state index contributed by atoms with van der Waals surface area (Å²) in [5, 5.41) is 0. The predicted molar refractivity (Wildman–Crippen MR) is 103 cm³/mol. The summed E-state index contributed by atoms with van der Waals surface area (Å²) in [4.78, 5) is 14.3. The van der Waals surface area contributed by atoms with Gasteiger partial charge < -0.3 is 20.1 Å². The molecular weight excluding hydrogens is 394 g/mol. The number of hydrogen-bond acceptors (Lipinski definition) is 6. The Balaban J connectivity index is 0.00000261. The van der Waals surface area contributed by atoms with Gasteiger partial charge in [0.25, 0.3) is 0 Å². The molecule has 0 radical (unpaired) electrons. The number of nitrogens with one attached hydrogen (secondary N) is 1. The third-order valence-electron chi connectivity index (χ3n) is 4.66. The van der Waals surface area contributed by atoms with Gasteiger partial charge in [0.2, 0.25) is 15.9 Å². The van der Waals surface area contributed by atoms with Crippen molar-refractivity contribution in [3.05, 3.63) is 18.2 Å². The molecule has 2 heterocycles. The fourth-order valence-electron chi connectivity index (χ4n) is 3.28.